The minimum absolute atomic E-state index is 1.04. The van der Waals surface area contributed by atoms with Gasteiger partial charge in [0.1, 0.15) is 0 Å². The van der Waals surface area contributed by atoms with Crippen LogP contribution in [0.25, 0.3) is 88.0 Å². The van der Waals surface area contributed by atoms with Crippen molar-refractivity contribution in [3.63, 3.8) is 0 Å². The summed E-state index contributed by atoms with van der Waals surface area (Å²) in [5, 5.41) is 14.9. The molecule has 0 amide bonds. The lowest BCUT2D eigenvalue weighted by atomic mass is 9.99. The van der Waals surface area contributed by atoms with Crippen molar-refractivity contribution in [2.75, 3.05) is 10.6 Å². The van der Waals surface area contributed by atoms with Gasteiger partial charge in [0.15, 0.2) is 0 Å². The van der Waals surface area contributed by atoms with Crippen molar-refractivity contribution in [3.05, 3.63) is 231 Å². The van der Waals surface area contributed by atoms with E-state index >= 15 is 0 Å². The molecule has 4 nitrogen and oxygen atoms in total. The van der Waals surface area contributed by atoms with E-state index in [9.17, 15) is 0 Å². The first-order chi connectivity index (χ1) is 30.7. The SMILES string of the molecule is c1ccc(-c2cccc(Nc3ccc4c5c6ccc7c(c6ccc5n(-c5ccccc5)c4c3)c3ccc(Nc4cccc(-c5ccccc5)c4)cc3n7-c3ccccc3)c2)cc1. The Balaban J connectivity index is 1.03. The number of nitrogens with one attached hydrogen (secondary N) is 2. The number of para-hydroxylation sites is 2. The average Bonchev–Trinajstić information content (AvgIpc) is 3.85. The van der Waals surface area contributed by atoms with Crippen LogP contribution < -0.4 is 10.6 Å². The Kier molecular flexibility index (Phi) is 8.46. The summed E-state index contributed by atoms with van der Waals surface area (Å²) in [6.07, 6.45) is 0. The summed E-state index contributed by atoms with van der Waals surface area (Å²) in [6.45, 7) is 0. The van der Waals surface area contributed by atoms with Crippen LogP contribution in [0.15, 0.2) is 231 Å². The van der Waals surface area contributed by atoms with Gasteiger partial charge >= 0.3 is 0 Å². The van der Waals surface area contributed by atoms with Crippen molar-refractivity contribution in [2.24, 2.45) is 0 Å². The van der Waals surface area contributed by atoms with E-state index in [-0.39, 0.29) is 0 Å². The molecule has 0 aliphatic rings. The zero-order valence-corrected chi connectivity index (χ0v) is 33.8. The Labute approximate surface area is 359 Å². The summed E-state index contributed by atoms with van der Waals surface area (Å²) >= 11 is 0. The quantitative estimate of drug-likeness (QED) is 0.161. The number of anilines is 4. The second-order valence-corrected chi connectivity index (χ2v) is 16.0. The summed E-state index contributed by atoms with van der Waals surface area (Å²) in [7, 11) is 0. The van der Waals surface area contributed by atoms with Crippen LogP contribution in [-0.4, -0.2) is 9.13 Å². The average molecular weight is 793 g/mol. The summed E-state index contributed by atoms with van der Waals surface area (Å²) < 4.78 is 4.83. The highest BCUT2D eigenvalue weighted by molar-refractivity contribution is 6.30. The van der Waals surface area contributed by atoms with Crippen LogP contribution >= 0.6 is 0 Å². The van der Waals surface area contributed by atoms with Crippen LogP contribution in [0.3, 0.4) is 0 Å². The van der Waals surface area contributed by atoms with Gasteiger partial charge in [0.05, 0.1) is 22.1 Å². The first-order valence-electron chi connectivity index (χ1n) is 21.2. The minimum atomic E-state index is 1.04. The molecule has 10 aromatic carbocycles. The van der Waals surface area contributed by atoms with Crippen molar-refractivity contribution in [2.45, 2.75) is 0 Å². The Bertz CT molecular complexity index is 3360. The third kappa shape index (κ3) is 6.08. The third-order valence-corrected chi connectivity index (χ3v) is 12.2. The van der Waals surface area contributed by atoms with E-state index < -0.39 is 0 Å². The fourth-order valence-electron chi connectivity index (χ4n) is 9.45. The summed E-state index contributed by atoms with van der Waals surface area (Å²) in [5.41, 5.74) is 15.9. The van der Waals surface area contributed by atoms with Gasteiger partial charge in [-0.3, -0.25) is 0 Å². The van der Waals surface area contributed by atoms with E-state index in [0.717, 1.165) is 45.2 Å². The zero-order valence-electron chi connectivity index (χ0n) is 33.8. The van der Waals surface area contributed by atoms with Gasteiger partial charge in [0.25, 0.3) is 0 Å². The Hall–Kier alpha value is -8.34. The number of benzene rings is 10. The van der Waals surface area contributed by atoms with Gasteiger partial charge in [-0.15, -0.1) is 0 Å². The van der Waals surface area contributed by atoms with E-state index in [4.69, 9.17) is 0 Å². The fraction of sp³-hybridized carbons (Fsp3) is 0. The van der Waals surface area contributed by atoms with Crippen LogP contribution in [0.1, 0.15) is 0 Å². The van der Waals surface area contributed by atoms with E-state index in [0.29, 0.717) is 0 Å². The maximum Gasteiger partial charge on any atom is 0.0561 e. The van der Waals surface area contributed by atoms with E-state index in [1.807, 2.05) is 0 Å². The standard InChI is InChI=1S/C58H40N4/c1-5-15-39(16-6-1)41-19-13-21-43(35-41)59-45-27-29-51-55(37-45)61(47-23-9-3-10-24-47)53-33-31-50-49(57(51)53)32-34-54-58(50)52-30-28-46(38-56(52)62(54)48-25-11-4-12-26-48)60-44-22-14-20-42(36-44)40-17-7-2-8-18-40/h1-38,59-60H. The van der Waals surface area contributed by atoms with Crippen molar-refractivity contribution < 1.29 is 0 Å². The highest BCUT2D eigenvalue weighted by Gasteiger charge is 2.20. The maximum atomic E-state index is 3.74. The molecule has 0 saturated heterocycles. The molecule has 0 spiro atoms. The highest BCUT2D eigenvalue weighted by atomic mass is 15.0. The molecule has 0 saturated carbocycles. The van der Waals surface area contributed by atoms with Crippen molar-refractivity contribution in [1.29, 1.82) is 0 Å². The minimum Gasteiger partial charge on any atom is -0.355 e. The Morgan fingerprint density at radius 3 is 1.02 bits per heavy atom. The lowest BCUT2D eigenvalue weighted by Gasteiger charge is -2.11. The third-order valence-electron chi connectivity index (χ3n) is 12.2. The van der Waals surface area contributed by atoms with Crippen LogP contribution in [0.2, 0.25) is 0 Å². The second-order valence-electron chi connectivity index (χ2n) is 16.0. The molecule has 0 bridgehead atoms. The Morgan fingerprint density at radius 1 is 0.242 bits per heavy atom. The fourth-order valence-corrected chi connectivity index (χ4v) is 9.45. The van der Waals surface area contributed by atoms with Crippen molar-refractivity contribution >= 4 is 77.1 Å². The smallest absolute Gasteiger partial charge is 0.0561 e. The normalized spacial score (nSPS) is 11.5. The number of nitrogens with zero attached hydrogens (tertiary/aromatic N) is 2. The lowest BCUT2D eigenvalue weighted by molar-refractivity contribution is 1.18. The molecule has 62 heavy (non-hydrogen) atoms. The number of aromatic nitrogens is 2. The van der Waals surface area contributed by atoms with Crippen LogP contribution in [0.4, 0.5) is 22.7 Å². The highest BCUT2D eigenvalue weighted by Crippen LogP contribution is 2.44. The molecule has 0 atom stereocenters. The van der Waals surface area contributed by atoms with Crippen molar-refractivity contribution in [3.8, 4) is 33.6 Å². The molecule has 292 valence electrons. The zero-order chi connectivity index (χ0) is 41.0. The molecule has 0 fully saturated rings. The molecule has 2 N–H and O–H groups in total. The molecule has 0 aliphatic heterocycles. The molecule has 0 aliphatic carbocycles. The molecule has 12 rings (SSSR count). The summed E-state index contributed by atoms with van der Waals surface area (Å²) in [6, 6.07) is 82.8. The van der Waals surface area contributed by atoms with Gasteiger partial charge < -0.3 is 19.8 Å². The molecular weight excluding hydrogens is 753 g/mol. The van der Waals surface area contributed by atoms with Gasteiger partial charge in [0.2, 0.25) is 0 Å². The second kappa shape index (κ2) is 14.7. The van der Waals surface area contributed by atoms with Crippen molar-refractivity contribution in [1.82, 2.24) is 9.13 Å². The monoisotopic (exact) mass is 792 g/mol. The van der Waals surface area contributed by atoms with Crippen LogP contribution in [-0.2, 0) is 0 Å². The first kappa shape index (κ1) is 35.6. The van der Waals surface area contributed by atoms with E-state index in [1.165, 1.54) is 65.6 Å². The maximum absolute atomic E-state index is 3.74. The number of hydrogen-bond donors (Lipinski definition) is 2. The largest absolute Gasteiger partial charge is 0.355 e. The first-order valence-corrected chi connectivity index (χ1v) is 21.2. The number of rotatable bonds is 8. The topological polar surface area (TPSA) is 33.9 Å². The molecule has 0 unspecified atom stereocenters. The summed E-state index contributed by atoms with van der Waals surface area (Å²) in [4.78, 5) is 0. The number of hydrogen-bond acceptors (Lipinski definition) is 2. The Morgan fingerprint density at radius 2 is 0.597 bits per heavy atom. The number of fused-ring (bicyclic) bond motifs is 9. The van der Waals surface area contributed by atoms with E-state index in [2.05, 4.69) is 250 Å². The summed E-state index contributed by atoms with van der Waals surface area (Å²) in [5.74, 6) is 0. The lowest BCUT2D eigenvalue weighted by Crippen LogP contribution is -1.95. The molecular formula is C58H40N4. The predicted molar refractivity (Wildman–Crippen MR) is 263 cm³/mol. The van der Waals surface area contributed by atoms with Gasteiger partial charge in [0, 0.05) is 55.7 Å². The molecule has 12 aromatic rings. The molecule has 4 heteroatoms. The van der Waals surface area contributed by atoms with E-state index in [1.54, 1.807) is 0 Å². The van der Waals surface area contributed by atoms with Gasteiger partial charge in [-0.25, -0.2) is 0 Å². The molecule has 2 heterocycles. The van der Waals surface area contributed by atoms with Gasteiger partial charge in [-0.1, -0.05) is 146 Å². The van der Waals surface area contributed by atoms with Crippen LogP contribution in [0.5, 0.6) is 0 Å². The van der Waals surface area contributed by atoms with Gasteiger partial charge in [-0.05, 0) is 118 Å². The van der Waals surface area contributed by atoms with Gasteiger partial charge in [-0.2, -0.15) is 0 Å². The molecule has 2 aromatic heterocycles. The van der Waals surface area contributed by atoms with Crippen LogP contribution in [0, 0.1) is 0 Å². The molecule has 0 radical (unpaired) electrons. The predicted octanol–water partition coefficient (Wildman–Crippen LogP) is 15.9.